The Labute approximate surface area is 143 Å². The minimum Gasteiger partial charge on any atom is -0.353 e. The summed E-state index contributed by atoms with van der Waals surface area (Å²) in [6.45, 7) is 6.84. The number of pyridine rings is 1. The van der Waals surface area contributed by atoms with Crippen LogP contribution < -0.4 is 4.90 Å². The number of nitrogens with zero attached hydrogens (tertiary/aromatic N) is 4. The van der Waals surface area contributed by atoms with Gasteiger partial charge in [-0.3, -0.25) is 4.21 Å². The van der Waals surface area contributed by atoms with Crippen LogP contribution in [0, 0.1) is 25.2 Å². The van der Waals surface area contributed by atoms with Crippen LogP contribution >= 0.6 is 0 Å². The maximum atomic E-state index is 12.1. The van der Waals surface area contributed by atoms with Crippen molar-refractivity contribution < 1.29 is 4.21 Å². The maximum Gasteiger partial charge on any atom is 0.147 e. The highest BCUT2D eigenvalue weighted by atomic mass is 32.2. The van der Waals surface area contributed by atoms with Gasteiger partial charge in [0.2, 0.25) is 0 Å². The number of hydrogen-bond acceptors (Lipinski definition) is 4. The van der Waals surface area contributed by atoms with Crippen molar-refractivity contribution in [2.45, 2.75) is 13.8 Å². The van der Waals surface area contributed by atoms with Crippen molar-refractivity contribution in [2.24, 2.45) is 0 Å². The van der Waals surface area contributed by atoms with Gasteiger partial charge in [0.05, 0.1) is 11.1 Å². The summed E-state index contributed by atoms with van der Waals surface area (Å²) >= 11 is 0. The van der Waals surface area contributed by atoms with E-state index in [2.05, 4.69) is 42.8 Å². The molecule has 24 heavy (non-hydrogen) atoms. The van der Waals surface area contributed by atoms with Gasteiger partial charge >= 0.3 is 0 Å². The highest BCUT2D eigenvalue weighted by Crippen LogP contribution is 2.26. The lowest BCUT2D eigenvalue weighted by molar-refractivity contribution is 0.409. The number of fused-ring (bicyclic) bond motifs is 1. The molecule has 126 valence electrons. The number of anilines is 1. The standard InChI is InChI=1S/C18H22N4OS/c1-13-9-15-11-16(12-19)18(20-17(15)10-14(13)2)21-5-7-22(8-6-21)24(3,4)23/h9-11H,3,5-8H2,1-2,4H3. The quantitative estimate of drug-likeness (QED) is 0.784. The second kappa shape index (κ2) is 6.08. The van der Waals surface area contributed by atoms with Crippen molar-refractivity contribution in [1.29, 1.82) is 5.26 Å². The molecule has 0 spiro atoms. The Balaban J connectivity index is 1.98. The molecular formula is C18H22N4OS. The third-order valence-corrected chi connectivity index (χ3v) is 6.07. The summed E-state index contributed by atoms with van der Waals surface area (Å²) in [4.78, 5) is 6.86. The lowest BCUT2D eigenvalue weighted by Crippen LogP contribution is -2.48. The molecule has 0 bridgehead atoms. The van der Waals surface area contributed by atoms with Crippen LogP contribution in [0.25, 0.3) is 10.9 Å². The van der Waals surface area contributed by atoms with Gasteiger partial charge in [0.25, 0.3) is 0 Å². The number of piperazine rings is 1. The average Bonchev–Trinajstić information content (AvgIpc) is 2.54. The first kappa shape index (κ1) is 16.7. The van der Waals surface area contributed by atoms with Crippen LogP contribution in [0.3, 0.4) is 0 Å². The summed E-state index contributed by atoms with van der Waals surface area (Å²) in [6, 6.07) is 8.34. The Morgan fingerprint density at radius 3 is 2.38 bits per heavy atom. The predicted octanol–water partition coefficient (Wildman–Crippen LogP) is 2.11. The molecule has 1 saturated heterocycles. The zero-order chi connectivity index (χ0) is 17.5. The van der Waals surface area contributed by atoms with Gasteiger partial charge in [-0.25, -0.2) is 9.29 Å². The van der Waals surface area contributed by atoms with Crippen molar-refractivity contribution in [2.75, 3.05) is 37.3 Å². The van der Waals surface area contributed by atoms with E-state index >= 15 is 0 Å². The first-order valence-corrected chi connectivity index (χ1v) is 10.0. The molecule has 6 heteroatoms. The minimum absolute atomic E-state index is 0.589. The van der Waals surface area contributed by atoms with Gasteiger partial charge in [-0.1, -0.05) is 0 Å². The fraction of sp³-hybridized carbons (Fsp3) is 0.389. The van der Waals surface area contributed by atoms with Gasteiger partial charge in [0, 0.05) is 47.5 Å². The normalized spacial score (nSPS) is 18.3. The van der Waals surface area contributed by atoms with E-state index in [0.717, 1.165) is 16.7 Å². The Morgan fingerprint density at radius 1 is 1.17 bits per heavy atom. The van der Waals surface area contributed by atoms with Gasteiger partial charge in [-0.15, -0.1) is 0 Å². The summed E-state index contributed by atoms with van der Waals surface area (Å²) in [7, 11) is -2.17. The van der Waals surface area contributed by atoms with E-state index in [0.29, 0.717) is 31.7 Å². The van der Waals surface area contributed by atoms with Crippen molar-refractivity contribution in [3.05, 3.63) is 34.9 Å². The van der Waals surface area contributed by atoms with E-state index in [1.807, 2.05) is 10.4 Å². The van der Waals surface area contributed by atoms with Crippen LogP contribution in [-0.4, -0.2) is 51.8 Å². The van der Waals surface area contributed by atoms with Crippen molar-refractivity contribution in [1.82, 2.24) is 9.29 Å². The summed E-state index contributed by atoms with van der Waals surface area (Å²) in [5.74, 6) is 4.47. The number of nitriles is 1. The number of aromatic nitrogens is 1. The van der Waals surface area contributed by atoms with Crippen LogP contribution in [0.15, 0.2) is 18.2 Å². The molecule has 2 heterocycles. The van der Waals surface area contributed by atoms with Gasteiger partial charge in [0.1, 0.15) is 11.9 Å². The summed E-state index contributed by atoms with van der Waals surface area (Å²) in [5.41, 5.74) is 3.89. The topological polar surface area (TPSA) is 60.2 Å². The van der Waals surface area contributed by atoms with Crippen LogP contribution in [0.5, 0.6) is 0 Å². The molecule has 1 aliphatic heterocycles. The van der Waals surface area contributed by atoms with E-state index in [-0.39, 0.29) is 0 Å². The average molecular weight is 342 g/mol. The lowest BCUT2D eigenvalue weighted by atomic mass is 10.0. The number of hydrogen-bond donors (Lipinski definition) is 0. The van der Waals surface area contributed by atoms with E-state index in [1.165, 1.54) is 11.1 Å². The molecule has 3 rings (SSSR count). The predicted molar refractivity (Wildman–Crippen MR) is 101 cm³/mol. The highest BCUT2D eigenvalue weighted by molar-refractivity contribution is 7.97. The SMILES string of the molecule is C=S(C)(=O)N1CCN(c2nc3cc(C)c(C)cc3cc2C#N)CC1. The van der Waals surface area contributed by atoms with Gasteiger partial charge in [0.15, 0.2) is 0 Å². The molecule has 0 radical (unpaired) electrons. The molecule has 1 aromatic heterocycles. The Hall–Kier alpha value is -2.10. The third-order valence-electron chi connectivity index (χ3n) is 4.61. The Morgan fingerprint density at radius 2 is 1.79 bits per heavy atom. The van der Waals surface area contributed by atoms with E-state index in [4.69, 9.17) is 4.98 Å². The molecule has 0 aliphatic carbocycles. The first-order valence-electron chi connectivity index (χ1n) is 7.94. The zero-order valence-electron chi connectivity index (χ0n) is 14.4. The summed E-state index contributed by atoms with van der Waals surface area (Å²) in [5, 5.41) is 10.5. The maximum absolute atomic E-state index is 12.1. The van der Waals surface area contributed by atoms with Gasteiger partial charge < -0.3 is 4.90 Å². The van der Waals surface area contributed by atoms with E-state index < -0.39 is 9.71 Å². The monoisotopic (exact) mass is 342 g/mol. The van der Waals surface area contributed by atoms with Crippen molar-refractivity contribution in [3.8, 4) is 6.07 Å². The second-order valence-corrected chi connectivity index (χ2v) is 8.91. The van der Waals surface area contributed by atoms with Crippen LogP contribution in [-0.2, 0) is 9.71 Å². The number of benzene rings is 1. The van der Waals surface area contributed by atoms with Crippen LogP contribution in [0.2, 0.25) is 0 Å². The molecule has 0 N–H and O–H groups in total. The minimum atomic E-state index is -2.17. The zero-order valence-corrected chi connectivity index (χ0v) is 15.2. The molecule has 0 saturated carbocycles. The molecule has 1 fully saturated rings. The van der Waals surface area contributed by atoms with Gasteiger partial charge in [-0.2, -0.15) is 5.26 Å². The third kappa shape index (κ3) is 3.10. The molecule has 0 amide bonds. The Bertz CT molecular complexity index is 936. The molecule has 1 aromatic carbocycles. The highest BCUT2D eigenvalue weighted by Gasteiger charge is 2.23. The molecule has 2 aromatic rings. The van der Waals surface area contributed by atoms with Crippen LogP contribution in [0.4, 0.5) is 5.82 Å². The molecule has 5 nitrogen and oxygen atoms in total. The number of aryl methyl sites for hydroxylation is 2. The van der Waals surface area contributed by atoms with E-state index in [9.17, 15) is 9.47 Å². The van der Waals surface area contributed by atoms with E-state index in [1.54, 1.807) is 6.26 Å². The fourth-order valence-electron chi connectivity index (χ4n) is 3.04. The molecular weight excluding hydrogens is 320 g/mol. The molecule has 1 unspecified atom stereocenters. The van der Waals surface area contributed by atoms with Crippen LogP contribution in [0.1, 0.15) is 16.7 Å². The first-order chi connectivity index (χ1) is 11.3. The summed E-state index contributed by atoms with van der Waals surface area (Å²) < 4.78 is 14.0. The smallest absolute Gasteiger partial charge is 0.147 e. The fourth-order valence-corrected chi connectivity index (χ4v) is 3.98. The largest absolute Gasteiger partial charge is 0.353 e. The van der Waals surface area contributed by atoms with Crippen molar-refractivity contribution in [3.63, 3.8) is 0 Å². The summed E-state index contributed by atoms with van der Waals surface area (Å²) in [6.07, 6.45) is 1.67. The van der Waals surface area contributed by atoms with Crippen molar-refractivity contribution >= 4 is 32.3 Å². The molecule has 1 atom stereocenters. The second-order valence-electron chi connectivity index (χ2n) is 6.48. The number of rotatable bonds is 2. The van der Waals surface area contributed by atoms with Gasteiger partial charge in [-0.05, 0) is 49.0 Å². The molecule has 1 aliphatic rings. The Kier molecular flexibility index (Phi) is 4.24. The lowest BCUT2D eigenvalue weighted by Gasteiger charge is -2.36.